The van der Waals surface area contributed by atoms with Crippen LogP contribution in [0, 0.1) is 11.8 Å². The molecule has 8 nitrogen and oxygen atoms in total. The van der Waals surface area contributed by atoms with Crippen LogP contribution in [0.4, 0.5) is 5.69 Å². The number of benzene rings is 1. The average Bonchev–Trinajstić information content (AvgIpc) is 3.18. The Morgan fingerprint density at radius 3 is 2.96 bits per heavy atom. The molecule has 3 rings (SSSR count). The highest BCUT2D eigenvalue weighted by Crippen LogP contribution is 2.21. The van der Waals surface area contributed by atoms with Crippen molar-refractivity contribution in [3.63, 3.8) is 0 Å². The van der Waals surface area contributed by atoms with Gasteiger partial charge in [-0.2, -0.15) is 0 Å². The standard InChI is InChI=1S/C16H20N6O2/c1-11(2)8-21-9-12(6-15(21)23)16(24)18-13-4-3-5-14(7-13)22-10-17-19-20-22/h3-5,7,10-12H,6,8-9H2,1-2H3,(H,18,24). The van der Waals surface area contributed by atoms with Crippen molar-refractivity contribution in [1.29, 1.82) is 0 Å². The van der Waals surface area contributed by atoms with Gasteiger partial charge in [-0.05, 0) is 34.5 Å². The Morgan fingerprint density at radius 2 is 2.25 bits per heavy atom. The average molecular weight is 328 g/mol. The van der Waals surface area contributed by atoms with Crippen molar-refractivity contribution >= 4 is 17.5 Å². The van der Waals surface area contributed by atoms with E-state index >= 15 is 0 Å². The highest BCUT2D eigenvalue weighted by molar-refractivity contribution is 5.97. The van der Waals surface area contributed by atoms with Gasteiger partial charge in [0.2, 0.25) is 11.8 Å². The lowest BCUT2D eigenvalue weighted by molar-refractivity contribution is -0.128. The second kappa shape index (κ2) is 6.77. The predicted molar refractivity (Wildman–Crippen MR) is 87.3 cm³/mol. The number of anilines is 1. The van der Waals surface area contributed by atoms with Crippen LogP contribution >= 0.6 is 0 Å². The number of likely N-dealkylation sites (tertiary alicyclic amines) is 1. The molecule has 1 aromatic heterocycles. The lowest BCUT2D eigenvalue weighted by atomic mass is 10.1. The number of hydrogen-bond acceptors (Lipinski definition) is 5. The first-order valence-corrected chi connectivity index (χ1v) is 7.95. The second-order valence-corrected chi connectivity index (χ2v) is 6.39. The SMILES string of the molecule is CC(C)CN1CC(C(=O)Nc2cccc(-n3cnnn3)c2)CC1=O. The maximum atomic E-state index is 12.5. The molecular weight excluding hydrogens is 308 g/mol. The van der Waals surface area contributed by atoms with E-state index in [9.17, 15) is 9.59 Å². The maximum Gasteiger partial charge on any atom is 0.229 e. The minimum absolute atomic E-state index is 0.0475. The molecular formula is C16H20N6O2. The Bertz CT molecular complexity index is 728. The minimum atomic E-state index is -0.312. The molecule has 24 heavy (non-hydrogen) atoms. The maximum absolute atomic E-state index is 12.5. The molecule has 0 radical (unpaired) electrons. The van der Waals surface area contributed by atoms with Gasteiger partial charge in [0.1, 0.15) is 6.33 Å². The van der Waals surface area contributed by atoms with Crippen LogP contribution in [-0.2, 0) is 9.59 Å². The summed E-state index contributed by atoms with van der Waals surface area (Å²) in [5.74, 6) is -0.00793. The highest BCUT2D eigenvalue weighted by Gasteiger charge is 2.34. The molecule has 0 spiro atoms. The Balaban J connectivity index is 1.65. The quantitative estimate of drug-likeness (QED) is 0.887. The summed E-state index contributed by atoms with van der Waals surface area (Å²) in [7, 11) is 0. The van der Waals surface area contributed by atoms with Crippen molar-refractivity contribution < 1.29 is 9.59 Å². The number of carbonyl (C=O) groups is 2. The Kier molecular flexibility index (Phi) is 4.54. The van der Waals surface area contributed by atoms with Gasteiger partial charge in [-0.1, -0.05) is 19.9 Å². The summed E-state index contributed by atoms with van der Waals surface area (Å²) in [5, 5.41) is 13.9. The third-order valence-corrected chi connectivity index (χ3v) is 3.90. The van der Waals surface area contributed by atoms with Gasteiger partial charge in [0.05, 0.1) is 11.6 Å². The van der Waals surface area contributed by atoms with Crippen molar-refractivity contribution in [1.82, 2.24) is 25.1 Å². The first-order valence-electron chi connectivity index (χ1n) is 7.95. The van der Waals surface area contributed by atoms with Crippen LogP contribution in [0.2, 0.25) is 0 Å². The third-order valence-electron chi connectivity index (χ3n) is 3.90. The summed E-state index contributed by atoms with van der Waals surface area (Å²) >= 11 is 0. The van der Waals surface area contributed by atoms with Crippen molar-refractivity contribution in [3.05, 3.63) is 30.6 Å². The van der Waals surface area contributed by atoms with E-state index in [-0.39, 0.29) is 24.2 Å². The van der Waals surface area contributed by atoms with Gasteiger partial charge in [0, 0.05) is 25.2 Å². The van der Waals surface area contributed by atoms with E-state index in [1.165, 1.54) is 11.0 Å². The number of amides is 2. The number of tetrazole rings is 1. The van der Waals surface area contributed by atoms with E-state index in [1.807, 2.05) is 12.1 Å². The first kappa shape index (κ1) is 16.1. The molecule has 1 saturated heterocycles. The lowest BCUT2D eigenvalue weighted by Gasteiger charge is -2.18. The van der Waals surface area contributed by atoms with Gasteiger partial charge in [0.25, 0.3) is 0 Å². The molecule has 126 valence electrons. The van der Waals surface area contributed by atoms with Gasteiger partial charge in [-0.25, -0.2) is 4.68 Å². The molecule has 2 aromatic rings. The molecule has 2 heterocycles. The molecule has 1 aliphatic rings. The van der Waals surface area contributed by atoms with Crippen LogP contribution in [0.3, 0.4) is 0 Å². The summed E-state index contributed by atoms with van der Waals surface area (Å²) in [6.07, 6.45) is 1.76. The zero-order chi connectivity index (χ0) is 17.1. The third kappa shape index (κ3) is 3.58. The lowest BCUT2D eigenvalue weighted by Crippen LogP contribution is -2.31. The van der Waals surface area contributed by atoms with Gasteiger partial charge in [-0.3, -0.25) is 9.59 Å². The van der Waals surface area contributed by atoms with E-state index in [4.69, 9.17) is 0 Å². The second-order valence-electron chi connectivity index (χ2n) is 6.39. The van der Waals surface area contributed by atoms with E-state index in [2.05, 4.69) is 34.7 Å². The summed E-state index contributed by atoms with van der Waals surface area (Å²) < 4.78 is 1.51. The van der Waals surface area contributed by atoms with Crippen molar-refractivity contribution in [2.45, 2.75) is 20.3 Å². The Labute approximate surface area is 139 Å². The van der Waals surface area contributed by atoms with Gasteiger partial charge < -0.3 is 10.2 Å². The number of nitrogens with zero attached hydrogens (tertiary/aromatic N) is 5. The fraction of sp³-hybridized carbons (Fsp3) is 0.438. The van der Waals surface area contributed by atoms with Crippen LogP contribution in [-0.4, -0.2) is 50.0 Å². The summed E-state index contributed by atoms with van der Waals surface area (Å²) in [4.78, 5) is 26.2. The molecule has 1 N–H and O–H groups in total. The Hall–Kier alpha value is -2.77. The van der Waals surface area contributed by atoms with Crippen LogP contribution in [0.25, 0.3) is 5.69 Å². The monoisotopic (exact) mass is 328 g/mol. The number of nitrogens with one attached hydrogen (secondary N) is 1. The molecule has 0 bridgehead atoms. The smallest absolute Gasteiger partial charge is 0.229 e. The zero-order valence-electron chi connectivity index (χ0n) is 13.7. The van der Waals surface area contributed by atoms with E-state index in [0.29, 0.717) is 24.7 Å². The normalized spacial score (nSPS) is 17.5. The number of carbonyl (C=O) groups excluding carboxylic acids is 2. The van der Waals surface area contributed by atoms with Crippen LogP contribution < -0.4 is 5.32 Å². The largest absolute Gasteiger partial charge is 0.342 e. The molecule has 1 aliphatic heterocycles. The van der Waals surface area contributed by atoms with E-state index < -0.39 is 0 Å². The highest BCUT2D eigenvalue weighted by atomic mass is 16.2. The fourth-order valence-electron chi connectivity index (χ4n) is 2.82. The molecule has 0 saturated carbocycles. The number of rotatable bonds is 5. The van der Waals surface area contributed by atoms with Crippen molar-refractivity contribution in [2.24, 2.45) is 11.8 Å². The molecule has 1 fully saturated rings. The molecule has 0 aliphatic carbocycles. The minimum Gasteiger partial charge on any atom is -0.342 e. The van der Waals surface area contributed by atoms with Gasteiger partial charge >= 0.3 is 0 Å². The molecule has 2 amide bonds. The summed E-state index contributed by atoms with van der Waals surface area (Å²) in [6.45, 7) is 5.29. The van der Waals surface area contributed by atoms with E-state index in [0.717, 1.165) is 5.69 Å². The van der Waals surface area contributed by atoms with Crippen LogP contribution in [0.15, 0.2) is 30.6 Å². The molecule has 1 aromatic carbocycles. The van der Waals surface area contributed by atoms with Gasteiger partial charge in [-0.15, -0.1) is 5.10 Å². The van der Waals surface area contributed by atoms with Crippen LogP contribution in [0.5, 0.6) is 0 Å². The number of hydrogen-bond donors (Lipinski definition) is 1. The predicted octanol–water partition coefficient (Wildman–Crippen LogP) is 1.11. The molecule has 1 unspecified atom stereocenters. The molecule has 8 heteroatoms. The fourth-order valence-corrected chi connectivity index (χ4v) is 2.82. The molecule has 1 atom stereocenters. The van der Waals surface area contributed by atoms with E-state index in [1.54, 1.807) is 17.0 Å². The number of aromatic nitrogens is 4. The topological polar surface area (TPSA) is 93.0 Å². The van der Waals surface area contributed by atoms with Crippen LogP contribution in [0.1, 0.15) is 20.3 Å². The van der Waals surface area contributed by atoms with Crippen molar-refractivity contribution in [2.75, 3.05) is 18.4 Å². The first-order chi connectivity index (χ1) is 11.5. The van der Waals surface area contributed by atoms with Crippen molar-refractivity contribution in [3.8, 4) is 5.69 Å². The summed E-state index contributed by atoms with van der Waals surface area (Å²) in [6, 6.07) is 7.25. The zero-order valence-corrected chi connectivity index (χ0v) is 13.7. The van der Waals surface area contributed by atoms with Gasteiger partial charge in [0.15, 0.2) is 0 Å². The summed E-state index contributed by atoms with van der Waals surface area (Å²) in [5.41, 5.74) is 1.41. The Morgan fingerprint density at radius 1 is 1.42 bits per heavy atom.